The molecular weight excluding hydrogens is 220 g/mol. The van der Waals surface area contributed by atoms with Crippen LogP contribution >= 0.6 is 11.8 Å². The van der Waals surface area contributed by atoms with Crippen molar-refractivity contribution < 1.29 is 5.11 Å². The molecule has 1 atom stereocenters. The molecule has 2 N–H and O–H groups in total. The van der Waals surface area contributed by atoms with E-state index in [-0.39, 0.29) is 6.10 Å². The molecule has 0 aromatic heterocycles. The number of aliphatic hydroxyl groups excluding tert-OH is 1. The number of nitrogens with zero attached hydrogens (tertiary/aromatic N) is 1. The molecule has 1 fully saturated rings. The highest BCUT2D eigenvalue weighted by Gasteiger charge is 2.32. The van der Waals surface area contributed by atoms with Gasteiger partial charge in [0.2, 0.25) is 0 Å². The van der Waals surface area contributed by atoms with Crippen molar-refractivity contribution in [2.45, 2.75) is 36.5 Å². The van der Waals surface area contributed by atoms with Gasteiger partial charge in [0.15, 0.2) is 0 Å². The second-order valence-corrected chi connectivity index (χ2v) is 6.42. The second-order valence-electron chi connectivity index (χ2n) is 5.14. The monoisotopic (exact) mass is 246 g/mol. The Bertz CT molecular complexity index is 193. The number of hydrogen-bond acceptors (Lipinski definition) is 4. The molecule has 0 aliphatic heterocycles. The Kier molecular flexibility index (Phi) is 6.11. The fraction of sp³-hybridized carbons (Fsp3) is 1.00. The van der Waals surface area contributed by atoms with Gasteiger partial charge in [-0.25, -0.2) is 0 Å². The molecule has 0 bridgehead atoms. The smallest absolute Gasteiger partial charge is 0.0791 e. The van der Waals surface area contributed by atoms with Gasteiger partial charge < -0.3 is 15.3 Å². The lowest BCUT2D eigenvalue weighted by Crippen LogP contribution is -2.41. The molecule has 1 unspecified atom stereocenters. The van der Waals surface area contributed by atoms with Crippen molar-refractivity contribution >= 4 is 11.8 Å². The number of rotatable bonds is 7. The molecule has 0 aromatic carbocycles. The van der Waals surface area contributed by atoms with E-state index < -0.39 is 0 Å². The molecule has 0 aromatic rings. The van der Waals surface area contributed by atoms with Crippen LogP contribution in [-0.4, -0.2) is 60.8 Å². The van der Waals surface area contributed by atoms with Crippen LogP contribution in [-0.2, 0) is 0 Å². The second kappa shape index (κ2) is 6.84. The van der Waals surface area contributed by atoms with Gasteiger partial charge in [0.1, 0.15) is 0 Å². The van der Waals surface area contributed by atoms with Crippen molar-refractivity contribution in [1.29, 1.82) is 0 Å². The first-order valence-electron chi connectivity index (χ1n) is 6.17. The lowest BCUT2D eigenvalue weighted by molar-refractivity contribution is 0.134. The lowest BCUT2D eigenvalue weighted by atomic mass is 10.1. The van der Waals surface area contributed by atoms with Gasteiger partial charge in [-0.05, 0) is 33.2 Å². The van der Waals surface area contributed by atoms with Crippen LogP contribution in [0.4, 0.5) is 0 Å². The summed E-state index contributed by atoms with van der Waals surface area (Å²) >= 11 is 1.99. The van der Waals surface area contributed by atoms with Crippen molar-refractivity contribution in [3.05, 3.63) is 0 Å². The van der Waals surface area contributed by atoms with Crippen molar-refractivity contribution in [3.8, 4) is 0 Å². The van der Waals surface area contributed by atoms with Crippen LogP contribution in [0, 0.1) is 0 Å². The zero-order valence-corrected chi connectivity index (χ0v) is 11.6. The van der Waals surface area contributed by atoms with Gasteiger partial charge in [-0.2, -0.15) is 11.8 Å². The van der Waals surface area contributed by atoms with Crippen molar-refractivity contribution in [3.63, 3.8) is 0 Å². The molecule has 0 saturated heterocycles. The quantitative estimate of drug-likeness (QED) is 0.707. The molecule has 1 aliphatic rings. The SMILES string of the molecule is CSC1(CNCC(O)CN(C)C)CCCC1. The largest absolute Gasteiger partial charge is 0.390 e. The Morgan fingerprint density at radius 1 is 1.38 bits per heavy atom. The summed E-state index contributed by atoms with van der Waals surface area (Å²) in [7, 11) is 3.98. The van der Waals surface area contributed by atoms with Gasteiger partial charge in [0.05, 0.1) is 6.10 Å². The van der Waals surface area contributed by atoms with E-state index in [0.717, 1.165) is 13.1 Å². The molecule has 1 rings (SSSR count). The summed E-state index contributed by atoms with van der Waals surface area (Å²) in [5.74, 6) is 0. The fourth-order valence-electron chi connectivity index (χ4n) is 2.43. The fourth-order valence-corrected chi connectivity index (χ4v) is 3.37. The highest BCUT2D eigenvalue weighted by atomic mass is 32.2. The Hall–Kier alpha value is 0.230. The number of nitrogens with one attached hydrogen (secondary N) is 1. The number of aliphatic hydroxyl groups is 1. The zero-order chi connectivity index (χ0) is 12.0. The molecule has 0 heterocycles. The van der Waals surface area contributed by atoms with Crippen LogP contribution in [0.3, 0.4) is 0 Å². The summed E-state index contributed by atoms with van der Waals surface area (Å²) < 4.78 is 0.442. The molecule has 16 heavy (non-hydrogen) atoms. The van der Waals surface area contributed by atoms with Gasteiger partial charge in [-0.15, -0.1) is 0 Å². The Labute approximate surface area is 104 Å². The normalized spacial score (nSPS) is 21.6. The van der Waals surface area contributed by atoms with E-state index in [1.54, 1.807) is 0 Å². The summed E-state index contributed by atoms with van der Waals surface area (Å²) in [6.45, 7) is 2.48. The maximum absolute atomic E-state index is 9.74. The molecule has 1 saturated carbocycles. The minimum atomic E-state index is -0.254. The minimum Gasteiger partial charge on any atom is -0.390 e. The lowest BCUT2D eigenvalue weighted by Gasteiger charge is -2.28. The summed E-state index contributed by atoms with van der Waals surface area (Å²) in [6.07, 6.45) is 7.33. The maximum atomic E-state index is 9.74. The highest BCUT2D eigenvalue weighted by Crippen LogP contribution is 2.39. The third kappa shape index (κ3) is 4.62. The van der Waals surface area contributed by atoms with Gasteiger partial charge in [0.25, 0.3) is 0 Å². The Balaban J connectivity index is 2.18. The van der Waals surface area contributed by atoms with Crippen LogP contribution in [0.5, 0.6) is 0 Å². The van der Waals surface area contributed by atoms with E-state index >= 15 is 0 Å². The number of thioether (sulfide) groups is 1. The van der Waals surface area contributed by atoms with Gasteiger partial charge in [-0.3, -0.25) is 0 Å². The molecule has 3 nitrogen and oxygen atoms in total. The zero-order valence-electron chi connectivity index (χ0n) is 10.8. The molecule has 0 amide bonds. The first-order chi connectivity index (χ1) is 7.58. The van der Waals surface area contributed by atoms with Crippen molar-refractivity contribution in [2.75, 3.05) is 40.0 Å². The van der Waals surface area contributed by atoms with Crippen LogP contribution in [0.15, 0.2) is 0 Å². The molecule has 0 spiro atoms. The Morgan fingerprint density at radius 3 is 2.50 bits per heavy atom. The molecular formula is C12H26N2OS. The summed E-state index contributed by atoms with van der Waals surface area (Å²) in [5, 5.41) is 13.2. The van der Waals surface area contributed by atoms with E-state index in [4.69, 9.17) is 0 Å². The van der Waals surface area contributed by atoms with Crippen LogP contribution in [0.1, 0.15) is 25.7 Å². The summed E-state index contributed by atoms with van der Waals surface area (Å²) in [6, 6.07) is 0. The summed E-state index contributed by atoms with van der Waals surface area (Å²) in [4.78, 5) is 2.02. The van der Waals surface area contributed by atoms with E-state index in [2.05, 4.69) is 11.6 Å². The van der Waals surface area contributed by atoms with E-state index in [0.29, 0.717) is 11.3 Å². The van der Waals surface area contributed by atoms with E-state index in [9.17, 15) is 5.11 Å². The summed E-state index contributed by atoms with van der Waals surface area (Å²) in [5.41, 5.74) is 0. The van der Waals surface area contributed by atoms with Crippen LogP contribution < -0.4 is 5.32 Å². The number of hydrogen-bond donors (Lipinski definition) is 2. The standard InChI is InChI=1S/C12H26N2OS/c1-14(2)9-11(15)8-13-10-12(16-3)6-4-5-7-12/h11,13,15H,4-10H2,1-3H3. The van der Waals surface area contributed by atoms with Crippen molar-refractivity contribution in [2.24, 2.45) is 0 Å². The molecule has 96 valence electrons. The van der Waals surface area contributed by atoms with Gasteiger partial charge >= 0.3 is 0 Å². The van der Waals surface area contributed by atoms with Crippen LogP contribution in [0.2, 0.25) is 0 Å². The first-order valence-corrected chi connectivity index (χ1v) is 7.39. The third-order valence-electron chi connectivity index (χ3n) is 3.35. The molecule has 4 heteroatoms. The van der Waals surface area contributed by atoms with E-state index in [1.807, 2.05) is 30.8 Å². The topological polar surface area (TPSA) is 35.5 Å². The first kappa shape index (κ1) is 14.3. The van der Waals surface area contributed by atoms with Gasteiger partial charge in [-0.1, -0.05) is 12.8 Å². The maximum Gasteiger partial charge on any atom is 0.0791 e. The average molecular weight is 246 g/mol. The predicted molar refractivity (Wildman–Crippen MR) is 72.1 cm³/mol. The van der Waals surface area contributed by atoms with Crippen LogP contribution in [0.25, 0.3) is 0 Å². The van der Waals surface area contributed by atoms with E-state index in [1.165, 1.54) is 25.7 Å². The third-order valence-corrected chi connectivity index (χ3v) is 4.77. The molecule has 0 radical (unpaired) electrons. The number of likely N-dealkylation sites (N-methyl/N-ethyl adjacent to an activating group) is 1. The predicted octanol–water partition coefficient (Wildman–Crippen LogP) is 1.17. The van der Waals surface area contributed by atoms with Crippen molar-refractivity contribution in [1.82, 2.24) is 10.2 Å². The minimum absolute atomic E-state index is 0.254. The highest BCUT2D eigenvalue weighted by molar-refractivity contribution is 8.00. The average Bonchev–Trinajstić information content (AvgIpc) is 2.66. The van der Waals surface area contributed by atoms with Gasteiger partial charge in [0, 0.05) is 24.4 Å². The Morgan fingerprint density at radius 2 is 2.00 bits per heavy atom. The molecule has 1 aliphatic carbocycles.